The Morgan fingerprint density at radius 3 is 2.75 bits per heavy atom. The van der Waals surface area contributed by atoms with Gasteiger partial charge in [-0.1, -0.05) is 6.07 Å². The number of carbonyl (C=O) groups excluding carboxylic acids is 1. The number of methoxy groups -OCH3 is 1. The lowest BCUT2D eigenvalue weighted by molar-refractivity contribution is -0.132. The molecule has 1 aromatic rings. The highest BCUT2D eigenvalue weighted by Crippen LogP contribution is 2.30. The Balaban J connectivity index is 0.00000288. The van der Waals surface area contributed by atoms with Gasteiger partial charge in [0.05, 0.1) is 25.9 Å². The molecule has 0 aliphatic carbocycles. The van der Waals surface area contributed by atoms with Crippen molar-refractivity contribution in [3.05, 3.63) is 23.8 Å². The van der Waals surface area contributed by atoms with Crippen LogP contribution in [0.25, 0.3) is 0 Å². The molecule has 1 fully saturated rings. The molecule has 0 spiro atoms. The van der Waals surface area contributed by atoms with Crippen molar-refractivity contribution in [1.82, 2.24) is 5.32 Å². The third-order valence-corrected chi connectivity index (χ3v) is 4.01. The molecule has 1 unspecified atom stereocenters. The Morgan fingerprint density at radius 1 is 1.42 bits per heavy atom. The molecule has 3 N–H and O–H groups in total. The number of hydrogen-bond acceptors (Lipinski definition) is 5. The molecule has 1 heterocycles. The minimum atomic E-state index is -0.407. The maximum Gasteiger partial charge on any atom is 0.249 e. The van der Waals surface area contributed by atoms with Crippen LogP contribution >= 0.6 is 12.4 Å². The third-order valence-electron chi connectivity index (χ3n) is 4.01. The molecule has 7 heteroatoms. The van der Waals surface area contributed by atoms with Crippen LogP contribution in [0.4, 0.5) is 0 Å². The van der Waals surface area contributed by atoms with Crippen molar-refractivity contribution in [2.75, 3.05) is 20.3 Å². The molecule has 1 aromatic carbocycles. The summed E-state index contributed by atoms with van der Waals surface area (Å²) in [7, 11) is 1.60. The van der Waals surface area contributed by atoms with Gasteiger partial charge in [0, 0.05) is 6.54 Å². The SMILES string of the molecule is CCOc1ccc(C(C)NC(=O)[C@@H]2CC[C@H](CN)O2)cc1OC.Cl. The second-order valence-corrected chi connectivity index (χ2v) is 5.63. The molecule has 1 amide bonds. The van der Waals surface area contributed by atoms with Crippen LogP contribution in [0.15, 0.2) is 18.2 Å². The summed E-state index contributed by atoms with van der Waals surface area (Å²) in [5.74, 6) is 1.26. The molecule has 0 bridgehead atoms. The van der Waals surface area contributed by atoms with Gasteiger partial charge < -0.3 is 25.3 Å². The van der Waals surface area contributed by atoms with Gasteiger partial charge in [0.1, 0.15) is 6.10 Å². The maximum atomic E-state index is 12.3. The molecule has 2 rings (SSSR count). The van der Waals surface area contributed by atoms with Crippen LogP contribution in [0, 0.1) is 0 Å². The van der Waals surface area contributed by atoms with Gasteiger partial charge in [0.25, 0.3) is 0 Å². The van der Waals surface area contributed by atoms with Crippen molar-refractivity contribution in [1.29, 1.82) is 0 Å². The van der Waals surface area contributed by atoms with Crippen LogP contribution in [0.5, 0.6) is 11.5 Å². The maximum absolute atomic E-state index is 12.3. The average Bonchev–Trinajstić information content (AvgIpc) is 3.04. The van der Waals surface area contributed by atoms with E-state index in [1.807, 2.05) is 32.0 Å². The van der Waals surface area contributed by atoms with Crippen LogP contribution in [-0.4, -0.2) is 38.4 Å². The predicted octanol–water partition coefficient (Wildman–Crippen LogP) is 2.20. The highest BCUT2D eigenvalue weighted by molar-refractivity contribution is 5.85. The zero-order valence-electron chi connectivity index (χ0n) is 14.4. The van der Waals surface area contributed by atoms with Gasteiger partial charge in [-0.25, -0.2) is 0 Å². The van der Waals surface area contributed by atoms with E-state index in [1.165, 1.54) is 0 Å². The number of rotatable bonds is 7. The summed E-state index contributed by atoms with van der Waals surface area (Å²) in [4.78, 5) is 12.3. The van der Waals surface area contributed by atoms with Crippen molar-refractivity contribution in [2.45, 2.75) is 44.9 Å². The Hall–Kier alpha value is -1.50. The number of carbonyl (C=O) groups is 1. The van der Waals surface area contributed by atoms with E-state index in [-0.39, 0.29) is 30.5 Å². The second kappa shape index (κ2) is 9.71. The van der Waals surface area contributed by atoms with Gasteiger partial charge in [-0.15, -0.1) is 12.4 Å². The quantitative estimate of drug-likeness (QED) is 0.780. The van der Waals surface area contributed by atoms with E-state index in [9.17, 15) is 4.79 Å². The van der Waals surface area contributed by atoms with Gasteiger partial charge in [-0.05, 0) is 44.4 Å². The Bertz CT molecular complexity index is 541. The largest absolute Gasteiger partial charge is 0.493 e. The van der Waals surface area contributed by atoms with E-state index >= 15 is 0 Å². The summed E-state index contributed by atoms with van der Waals surface area (Å²) in [5.41, 5.74) is 6.53. The Morgan fingerprint density at radius 2 is 2.17 bits per heavy atom. The van der Waals surface area contributed by atoms with Gasteiger partial charge in [0.2, 0.25) is 5.91 Å². The first-order valence-electron chi connectivity index (χ1n) is 8.05. The van der Waals surface area contributed by atoms with Crippen molar-refractivity contribution in [3.8, 4) is 11.5 Å². The number of nitrogens with one attached hydrogen (secondary N) is 1. The predicted molar refractivity (Wildman–Crippen MR) is 94.9 cm³/mol. The molecule has 136 valence electrons. The van der Waals surface area contributed by atoms with E-state index in [4.69, 9.17) is 19.9 Å². The molecule has 1 aliphatic rings. The van der Waals surface area contributed by atoms with Crippen molar-refractivity contribution < 1.29 is 19.0 Å². The third kappa shape index (κ3) is 5.00. The minimum Gasteiger partial charge on any atom is -0.493 e. The highest BCUT2D eigenvalue weighted by Gasteiger charge is 2.30. The number of nitrogens with two attached hydrogens (primary N) is 1. The molecular weight excluding hydrogens is 332 g/mol. The van der Waals surface area contributed by atoms with Crippen molar-refractivity contribution in [3.63, 3.8) is 0 Å². The second-order valence-electron chi connectivity index (χ2n) is 5.63. The lowest BCUT2D eigenvalue weighted by Crippen LogP contribution is -2.37. The fraction of sp³-hybridized carbons (Fsp3) is 0.588. The van der Waals surface area contributed by atoms with Gasteiger partial charge >= 0.3 is 0 Å². The molecule has 6 nitrogen and oxygen atoms in total. The fourth-order valence-corrected chi connectivity index (χ4v) is 2.69. The summed E-state index contributed by atoms with van der Waals surface area (Å²) in [6.45, 7) is 4.88. The summed E-state index contributed by atoms with van der Waals surface area (Å²) < 4.78 is 16.5. The molecule has 0 saturated carbocycles. The standard InChI is InChI=1S/C17H26N2O4.ClH/c1-4-22-14-7-5-12(9-16(14)21-3)11(2)19-17(20)15-8-6-13(10-18)23-15;/h5,7,9,11,13,15H,4,6,8,10,18H2,1-3H3,(H,19,20);1H/t11?,13-,15+;/m1./s1. The summed E-state index contributed by atoms with van der Waals surface area (Å²) >= 11 is 0. The Kier molecular flexibility index (Phi) is 8.31. The van der Waals surface area contributed by atoms with Gasteiger partial charge in [-0.2, -0.15) is 0 Å². The van der Waals surface area contributed by atoms with E-state index < -0.39 is 6.10 Å². The first kappa shape index (κ1) is 20.5. The van der Waals surface area contributed by atoms with Crippen LogP contribution in [-0.2, 0) is 9.53 Å². The first-order chi connectivity index (χ1) is 11.1. The molecule has 3 atom stereocenters. The molecule has 24 heavy (non-hydrogen) atoms. The summed E-state index contributed by atoms with van der Waals surface area (Å²) in [6, 6.07) is 5.52. The van der Waals surface area contributed by atoms with Crippen LogP contribution < -0.4 is 20.5 Å². The minimum absolute atomic E-state index is 0. The van der Waals surface area contributed by atoms with E-state index in [0.717, 1.165) is 12.0 Å². The smallest absolute Gasteiger partial charge is 0.249 e. The summed E-state index contributed by atoms with van der Waals surface area (Å²) in [5, 5.41) is 2.98. The normalized spacial score (nSPS) is 20.8. The molecule has 1 saturated heterocycles. The van der Waals surface area contributed by atoms with Gasteiger partial charge in [0.15, 0.2) is 11.5 Å². The topological polar surface area (TPSA) is 82.8 Å². The Labute approximate surface area is 149 Å². The number of halogens is 1. The molecular formula is C17H27ClN2O4. The van der Waals surface area contributed by atoms with Crippen LogP contribution in [0.3, 0.4) is 0 Å². The molecule has 0 radical (unpaired) electrons. The summed E-state index contributed by atoms with van der Waals surface area (Å²) in [6.07, 6.45) is 1.13. The highest BCUT2D eigenvalue weighted by atomic mass is 35.5. The van der Waals surface area contributed by atoms with Crippen molar-refractivity contribution in [2.24, 2.45) is 5.73 Å². The fourth-order valence-electron chi connectivity index (χ4n) is 2.69. The number of ether oxygens (including phenoxy) is 3. The van der Waals surface area contributed by atoms with E-state index in [1.54, 1.807) is 7.11 Å². The zero-order valence-corrected chi connectivity index (χ0v) is 15.2. The van der Waals surface area contributed by atoms with E-state index in [2.05, 4.69) is 5.32 Å². The van der Waals surface area contributed by atoms with E-state index in [0.29, 0.717) is 31.1 Å². The van der Waals surface area contributed by atoms with Crippen molar-refractivity contribution >= 4 is 18.3 Å². The first-order valence-corrected chi connectivity index (χ1v) is 8.05. The molecule has 1 aliphatic heterocycles. The van der Waals surface area contributed by atoms with Crippen LogP contribution in [0.1, 0.15) is 38.3 Å². The number of benzene rings is 1. The zero-order chi connectivity index (χ0) is 16.8. The average molecular weight is 359 g/mol. The number of amides is 1. The lowest BCUT2D eigenvalue weighted by Gasteiger charge is -2.19. The lowest BCUT2D eigenvalue weighted by atomic mass is 10.1. The monoisotopic (exact) mass is 358 g/mol. The number of hydrogen-bond donors (Lipinski definition) is 2. The molecule has 0 aromatic heterocycles. The van der Waals surface area contributed by atoms with Gasteiger partial charge in [-0.3, -0.25) is 4.79 Å². The van der Waals surface area contributed by atoms with Crippen LogP contribution in [0.2, 0.25) is 0 Å².